The number of alkyl halides is 3. The summed E-state index contributed by atoms with van der Waals surface area (Å²) in [7, 11) is 0. The number of benzene rings is 2. The smallest absolute Gasteiger partial charge is 0.419 e. The number of rotatable bonds is 2. The summed E-state index contributed by atoms with van der Waals surface area (Å²) in [5.41, 5.74) is 1.84. The topological polar surface area (TPSA) is 23.5 Å². The molecule has 1 aliphatic heterocycles. The Morgan fingerprint density at radius 1 is 1.10 bits per heavy atom. The predicted octanol–water partition coefficient (Wildman–Crippen LogP) is 3.97. The molecular weight excluding hydrogens is 279 g/mol. The van der Waals surface area contributed by atoms with Crippen molar-refractivity contribution < 1.29 is 18.3 Å². The number of fused-ring (bicyclic) bond motifs is 1. The number of phenolic OH excluding ortho intramolecular Hbond substituents is 1. The zero-order chi connectivity index (χ0) is 15.0. The predicted molar refractivity (Wildman–Crippen MR) is 74.3 cm³/mol. The number of aromatic hydroxyl groups is 1. The average molecular weight is 293 g/mol. The molecule has 5 heteroatoms. The molecule has 2 nitrogen and oxygen atoms in total. The minimum Gasteiger partial charge on any atom is -0.507 e. The summed E-state index contributed by atoms with van der Waals surface area (Å²) in [4.78, 5) is 2.06. The molecule has 110 valence electrons. The van der Waals surface area contributed by atoms with Crippen molar-refractivity contribution in [2.75, 3.05) is 11.4 Å². The minimum atomic E-state index is -4.54. The lowest BCUT2D eigenvalue weighted by Gasteiger charge is -2.20. The maximum Gasteiger partial charge on any atom is 0.419 e. The first-order valence-electron chi connectivity index (χ1n) is 6.67. The van der Waals surface area contributed by atoms with Gasteiger partial charge in [0.05, 0.1) is 5.56 Å². The van der Waals surface area contributed by atoms with E-state index in [4.69, 9.17) is 0 Å². The molecule has 1 heterocycles. The largest absolute Gasteiger partial charge is 0.507 e. The Kier molecular flexibility index (Phi) is 3.27. The first-order valence-corrected chi connectivity index (χ1v) is 6.67. The molecule has 3 rings (SSSR count). The molecule has 0 saturated carbocycles. The molecule has 1 N–H and O–H groups in total. The van der Waals surface area contributed by atoms with Gasteiger partial charge < -0.3 is 10.0 Å². The first-order chi connectivity index (χ1) is 9.95. The van der Waals surface area contributed by atoms with Crippen LogP contribution in [0.4, 0.5) is 18.9 Å². The summed E-state index contributed by atoms with van der Waals surface area (Å²) >= 11 is 0. The summed E-state index contributed by atoms with van der Waals surface area (Å²) in [6.07, 6.45) is -3.64. The van der Waals surface area contributed by atoms with Crippen molar-refractivity contribution in [2.24, 2.45) is 0 Å². The molecule has 21 heavy (non-hydrogen) atoms. The number of nitrogens with zero attached hydrogens (tertiary/aromatic N) is 1. The molecule has 0 atom stereocenters. The van der Waals surface area contributed by atoms with E-state index in [0.29, 0.717) is 12.1 Å². The van der Waals surface area contributed by atoms with E-state index in [1.807, 2.05) is 24.3 Å². The molecule has 0 amide bonds. The summed E-state index contributed by atoms with van der Waals surface area (Å²) in [5.74, 6) is -0.729. The monoisotopic (exact) mass is 293 g/mol. The van der Waals surface area contributed by atoms with Gasteiger partial charge in [-0.2, -0.15) is 13.2 Å². The van der Waals surface area contributed by atoms with E-state index < -0.39 is 17.5 Å². The highest BCUT2D eigenvalue weighted by Gasteiger charge is 2.34. The molecule has 0 aliphatic carbocycles. The van der Waals surface area contributed by atoms with Crippen molar-refractivity contribution in [3.8, 4) is 5.75 Å². The fourth-order valence-corrected chi connectivity index (χ4v) is 2.70. The Bertz CT molecular complexity index is 667. The van der Waals surface area contributed by atoms with Crippen LogP contribution in [0.2, 0.25) is 0 Å². The minimum absolute atomic E-state index is 0.403. The van der Waals surface area contributed by atoms with Crippen LogP contribution >= 0.6 is 0 Å². The van der Waals surface area contributed by atoms with Crippen LogP contribution in [0, 0.1) is 0 Å². The number of para-hydroxylation sites is 1. The van der Waals surface area contributed by atoms with E-state index in [9.17, 15) is 18.3 Å². The molecule has 0 bridgehead atoms. The van der Waals surface area contributed by atoms with Gasteiger partial charge in [-0.25, -0.2) is 0 Å². The fraction of sp³-hybridized carbons (Fsp3) is 0.250. The molecular formula is C16H14F3NO. The zero-order valence-electron chi connectivity index (χ0n) is 11.2. The van der Waals surface area contributed by atoms with Crippen LogP contribution in [0.25, 0.3) is 0 Å². The van der Waals surface area contributed by atoms with E-state index in [1.165, 1.54) is 11.6 Å². The quantitative estimate of drug-likeness (QED) is 0.905. The maximum absolute atomic E-state index is 12.8. The average Bonchev–Trinajstić information content (AvgIpc) is 2.83. The highest BCUT2D eigenvalue weighted by Crippen LogP contribution is 2.37. The van der Waals surface area contributed by atoms with Gasteiger partial charge in [0.15, 0.2) is 0 Å². The molecule has 0 saturated heterocycles. The van der Waals surface area contributed by atoms with E-state index in [1.54, 1.807) is 0 Å². The van der Waals surface area contributed by atoms with Gasteiger partial charge in [0.2, 0.25) is 0 Å². The third kappa shape index (κ3) is 2.68. The van der Waals surface area contributed by atoms with Gasteiger partial charge in [0.1, 0.15) is 5.75 Å². The van der Waals surface area contributed by atoms with Crippen LogP contribution in [0.5, 0.6) is 5.75 Å². The van der Waals surface area contributed by atoms with Gasteiger partial charge in [-0.05, 0) is 35.7 Å². The van der Waals surface area contributed by atoms with E-state index in [-0.39, 0.29) is 0 Å². The summed E-state index contributed by atoms with van der Waals surface area (Å²) in [6.45, 7) is 1.20. The summed E-state index contributed by atoms with van der Waals surface area (Å²) in [5, 5.41) is 9.36. The molecule has 0 fully saturated rings. The van der Waals surface area contributed by atoms with Crippen molar-refractivity contribution in [1.29, 1.82) is 0 Å². The van der Waals surface area contributed by atoms with E-state index >= 15 is 0 Å². The van der Waals surface area contributed by atoms with Crippen molar-refractivity contribution in [2.45, 2.75) is 19.1 Å². The molecule has 0 unspecified atom stereocenters. The molecule has 0 radical (unpaired) electrons. The number of anilines is 1. The second-order valence-electron chi connectivity index (χ2n) is 5.15. The third-order valence-electron chi connectivity index (χ3n) is 3.72. The highest BCUT2D eigenvalue weighted by atomic mass is 19.4. The molecule has 1 aliphatic rings. The molecule has 2 aromatic rings. The second-order valence-corrected chi connectivity index (χ2v) is 5.15. The van der Waals surface area contributed by atoms with Gasteiger partial charge in [-0.3, -0.25) is 0 Å². The lowest BCUT2D eigenvalue weighted by molar-refractivity contribution is -0.138. The molecule has 2 aromatic carbocycles. The van der Waals surface area contributed by atoms with E-state index in [2.05, 4.69) is 4.90 Å². The Balaban J connectivity index is 1.87. The van der Waals surface area contributed by atoms with Crippen LogP contribution in [0.1, 0.15) is 16.7 Å². The van der Waals surface area contributed by atoms with Gasteiger partial charge in [0.25, 0.3) is 0 Å². The van der Waals surface area contributed by atoms with Gasteiger partial charge in [0, 0.05) is 18.8 Å². The van der Waals surface area contributed by atoms with Crippen molar-refractivity contribution in [3.05, 3.63) is 59.2 Å². The Hall–Kier alpha value is -2.17. The SMILES string of the molecule is Oc1ccc(CN2CCc3ccccc32)cc1C(F)(F)F. The van der Waals surface area contributed by atoms with Crippen LogP contribution in [-0.2, 0) is 19.1 Å². The van der Waals surface area contributed by atoms with Crippen LogP contribution in [0.15, 0.2) is 42.5 Å². The summed E-state index contributed by atoms with van der Waals surface area (Å²) < 4.78 is 38.4. The Morgan fingerprint density at radius 3 is 2.62 bits per heavy atom. The number of halogens is 3. The van der Waals surface area contributed by atoms with E-state index in [0.717, 1.165) is 30.8 Å². The van der Waals surface area contributed by atoms with Crippen LogP contribution < -0.4 is 4.90 Å². The zero-order valence-corrected chi connectivity index (χ0v) is 11.2. The van der Waals surface area contributed by atoms with Crippen LogP contribution in [0.3, 0.4) is 0 Å². The van der Waals surface area contributed by atoms with Gasteiger partial charge in [-0.15, -0.1) is 0 Å². The molecule has 0 aromatic heterocycles. The van der Waals surface area contributed by atoms with Crippen LogP contribution in [-0.4, -0.2) is 11.7 Å². The van der Waals surface area contributed by atoms with Gasteiger partial charge in [-0.1, -0.05) is 24.3 Å². The lowest BCUT2D eigenvalue weighted by atomic mass is 10.1. The lowest BCUT2D eigenvalue weighted by Crippen LogP contribution is -2.20. The third-order valence-corrected chi connectivity index (χ3v) is 3.72. The van der Waals surface area contributed by atoms with Gasteiger partial charge >= 0.3 is 6.18 Å². The Labute approximate surface area is 120 Å². The van der Waals surface area contributed by atoms with Crippen molar-refractivity contribution in [1.82, 2.24) is 0 Å². The summed E-state index contributed by atoms with van der Waals surface area (Å²) in [6, 6.07) is 11.6. The maximum atomic E-state index is 12.8. The number of phenols is 1. The molecule has 0 spiro atoms. The highest BCUT2D eigenvalue weighted by molar-refractivity contribution is 5.58. The first kappa shape index (κ1) is 13.8. The standard InChI is InChI=1S/C16H14F3NO/c17-16(18,19)13-9-11(5-6-15(13)21)10-20-8-7-12-3-1-2-4-14(12)20/h1-6,9,21H,7-8,10H2. The fourth-order valence-electron chi connectivity index (χ4n) is 2.70. The van der Waals surface area contributed by atoms with Crippen molar-refractivity contribution in [3.63, 3.8) is 0 Å². The van der Waals surface area contributed by atoms with Crippen molar-refractivity contribution >= 4 is 5.69 Å². The number of hydrogen-bond donors (Lipinski definition) is 1. The normalized spacial score (nSPS) is 14.3. The Morgan fingerprint density at radius 2 is 1.86 bits per heavy atom. The number of hydrogen-bond acceptors (Lipinski definition) is 2. The second kappa shape index (κ2) is 4.98.